The summed E-state index contributed by atoms with van der Waals surface area (Å²) in [5.74, 6) is 0. The van der Waals surface area contributed by atoms with E-state index >= 15 is 0 Å². The van der Waals surface area contributed by atoms with Gasteiger partial charge in [0.15, 0.2) is 0 Å². The standard InChI is InChI=1S/C13H25NO/c1-11(2)6-5-7-13(8-11)10-14-9-12(3,4)15-13/h14H,5-10H2,1-4H3. The average Bonchev–Trinajstić information content (AvgIpc) is 1.98. The Morgan fingerprint density at radius 2 is 1.73 bits per heavy atom. The number of hydrogen-bond acceptors (Lipinski definition) is 2. The largest absolute Gasteiger partial charge is 0.366 e. The van der Waals surface area contributed by atoms with Crippen molar-refractivity contribution >= 4 is 0 Å². The monoisotopic (exact) mass is 211 g/mol. The maximum Gasteiger partial charge on any atom is 0.0819 e. The van der Waals surface area contributed by atoms with Gasteiger partial charge in [-0.15, -0.1) is 0 Å². The Bertz CT molecular complexity index is 219. The molecule has 0 aromatic heterocycles. The molecule has 0 radical (unpaired) electrons. The van der Waals surface area contributed by atoms with Gasteiger partial charge >= 0.3 is 0 Å². The molecule has 0 aromatic carbocycles. The fourth-order valence-corrected chi connectivity index (χ4v) is 3.43. The molecule has 2 aliphatic rings. The van der Waals surface area contributed by atoms with Gasteiger partial charge in [-0.2, -0.15) is 0 Å². The van der Waals surface area contributed by atoms with Gasteiger partial charge in [-0.1, -0.05) is 13.8 Å². The van der Waals surface area contributed by atoms with E-state index in [4.69, 9.17) is 4.74 Å². The second-order valence-corrected chi connectivity index (χ2v) is 6.84. The number of nitrogens with one attached hydrogen (secondary N) is 1. The lowest BCUT2D eigenvalue weighted by atomic mass is 9.69. The summed E-state index contributed by atoms with van der Waals surface area (Å²) in [5, 5.41) is 3.55. The van der Waals surface area contributed by atoms with E-state index in [9.17, 15) is 0 Å². The Labute approximate surface area is 93.8 Å². The zero-order chi connectivity index (χ0) is 11.2. The van der Waals surface area contributed by atoms with Gasteiger partial charge in [0, 0.05) is 13.1 Å². The van der Waals surface area contributed by atoms with Crippen molar-refractivity contribution in [3.8, 4) is 0 Å². The molecule has 0 aromatic rings. The van der Waals surface area contributed by atoms with Crippen LogP contribution in [0.15, 0.2) is 0 Å². The highest BCUT2D eigenvalue weighted by Crippen LogP contribution is 2.45. The molecule has 1 spiro atoms. The van der Waals surface area contributed by atoms with Crippen LogP contribution in [0, 0.1) is 5.41 Å². The van der Waals surface area contributed by atoms with Crippen LogP contribution in [0.5, 0.6) is 0 Å². The fourth-order valence-electron chi connectivity index (χ4n) is 3.43. The topological polar surface area (TPSA) is 21.3 Å². The van der Waals surface area contributed by atoms with Crippen molar-refractivity contribution in [3.63, 3.8) is 0 Å². The molecular weight excluding hydrogens is 186 g/mol. The molecule has 88 valence electrons. The van der Waals surface area contributed by atoms with E-state index in [2.05, 4.69) is 33.0 Å². The van der Waals surface area contributed by atoms with Crippen LogP contribution in [0.3, 0.4) is 0 Å². The van der Waals surface area contributed by atoms with Crippen LogP contribution in [0.25, 0.3) is 0 Å². The van der Waals surface area contributed by atoms with Crippen molar-refractivity contribution in [2.45, 2.75) is 64.6 Å². The maximum atomic E-state index is 6.38. The summed E-state index contributed by atoms with van der Waals surface area (Å²) >= 11 is 0. The molecule has 1 aliphatic carbocycles. The molecule has 1 saturated carbocycles. The van der Waals surface area contributed by atoms with Crippen molar-refractivity contribution in [1.82, 2.24) is 5.32 Å². The molecule has 2 nitrogen and oxygen atoms in total. The maximum absolute atomic E-state index is 6.38. The van der Waals surface area contributed by atoms with Crippen molar-refractivity contribution in [2.75, 3.05) is 13.1 Å². The van der Waals surface area contributed by atoms with Gasteiger partial charge in [0.05, 0.1) is 11.2 Å². The summed E-state index contributed by atoms with van der Waals surface area (Å²) in [5.41, 5.74) is 0.572. The highest BCUT2D eigenvalue weighted by atomic mass is 16.5. The molecule has 1 heterocycles. The van der Waals surface area contributed by atoms with Crippen LogP contribution in [0.4, 0.5) is 0 Å². The van der Waals surface area contributed by atoms with Gasteiger partial charge in [0.1, 0.15) is 0 Å². The zero-order valence-electron chi connectivity index (χ0n) is 10.7. The zero-order valence-corrected chi connectivity index (χ0v) is 10.7. The summed E-state index contributed by atoms with van der Waals surface area (Å²) in [7, 11) is 0. The number of morpholine rings is 1. The number of ether oxygens (including phenoxy) is 1. The first-order chi connectivity index (χ1) is 6.83. The smallest absolute Gasteiger partial charge is 0.0819 e. The van der Waals surface area contributed by atoms with Crippen molar-refractivity contribution in [2.24, 2.45) is 5.41 Å². The van der Waals surface area contributed by atoms with E-state index in [-0.39, 0.29) is 11.2 Å². The lowest BCUT2D eigenvalue weighted by Crippen LogP contribution is -2.60. The summed E-state index contributed by atoms with van der Waals surface area (Å²) < 4.78 is 6.38. The van der Waals surface area contributed by atoms with Gasteiger partial charge in [0.25, 0.3) is 0 Å². The minimum absolute atomic E-state index is 0.00562. The van der Waals surface area contributed by atoms with Crippen LogP contribution in [-0.4, -0.2) is 24.3 Å². The number of rotatable bonds is 0. The Kier molecular flexibility index (Phi) is 2.63. The first-order valence-electron chi connectivity index (χ1n) is 6.24. The molecule has 0 amide bonds. The average molecular weight is 211 g/mol. The quantitative estimate of drug-likeness (QED) is 0.665. The molecule has 0 bridgehead atoms. The van der Waals surface area contributed by atoms with Crippen molar-refractivity contribution in [1.29, 1.82) is 0 Å². The van der Waals surface area contributed by atoms with Crippen LogP contribution >= 0.6 is 0 Å². The van der Waals surface area contributed by atoms with Crippen molar-refractivity contribution < 1.29 is 4.74 Å². The molecule has 2 rings (SSSR count). The first kappa shape index (κ1) is 11.4. The first-order valence-corrected chi connectivity index (χ1v) is 6.24. The molecule has 1 saturated heterocycles. The molecule has 2 fully saturated rings. The predicted molar refractivity (Wildman–Crippen MR) is 63.0 cm³/mol. The third-order valence-electron chi connectivity index (χ3n) is 3.78. The van der Waals surface area contributed by atoms with Crippen LogP contribution in [0.1, 0.15) is 53.4 Å². The fraction of sp³-hybridized carbons (Fsp3) is 1.00. The van der Waals surface area contributed by atoms with E-state index in [1.807, 2.05) is 0 Å². The minimum Gasteiger partial charge on any atom is -0.366 e. The summed E-state index contributed by atoms with van der Waals surface area (Å²) in [4.78, 5) is 0. The van der Waals surface area contributed by atoms with Gasteiger partial charge in [0.2, 0.25) is 0 Å². The third-order valence-corrected chi connectivity index (χ3v) is 3.78. The lowest BCUT2D eigenvalue weighted by molar-refractivity contribution is -0.189. The summed E-state index contributed by atoms with van der Waals surface area (Å²) in [6, 6.07) is 0. The van der Waals surface area contributed by atoms with E-state index in [1.54, 1.807) is 0 Å². The van der Waals surface area contributed by atoms with E-state index in [0.717, 1.165) is 13.1 Å². The third kappa shape index (κ3) is 2.54. The highest BCUT2D eigenvalue weighted by molar-refractivity contribution is 4.98. The van der Waals surface area contributed by atoms with Gasteiger partial charge in [-0.05, 0) is 44.9 Å². The van der Waals surface area contributed by atoms with Crippen LogP contribution < -0.4 is 5.32 Å². The summed E-state index contributed by atoms with van der Waals surface area (Å²) in [6.07, 6.45) is 5.09. The second-order valence-electron chi connectivity index (χ2n) is 6.84. The van der Waals surface area contributed by atoms with Gasteiger partial charge in [-0.25, -0.2) is 0 Å². The highest BCUT2D eigenvalue weighted by Gasteiger charge is 2.46. The minimum atomic E-state index is 0.00562. The van der Waals surface area contributed by atoms with E-state index in [0.29, 0.717) is 5.41 Å². The molecular formula is C13H25NO. The lowest BCUT2D eigenvalue weighted by Gasteiger charge is -2.51. The Morgan fingerprint density at radius 1 is 1.00 bits per heavy atom. The molecule has 1 aliphatic heterocycles. The van der Waals surface area contributed by atoms with Gasteiger partial charge < -0.3 is 10.1 Å². The van der Waals surface area contributed by atoms with E-state index in [1.165, 1.54) is 25.7 Å². The van der Waals surface area contributed by atoms with E-state index < -0.39 is 0 Å². The molecule has 15 heavy (non-hydrogen) atoms. The molecule has 2 heteroatoms. The van der Waals surface area contributed by atoms with Gasteiger partial charge in [-0.3, -0.25) is 0 Å². The summed E-state index contributed by atoms with van der Waals surface area (Å²) in [6.45, 7) is 11.2. The Balaban J connectivity index is 2.12. The Hall–Kier alpha value is -0.0800. The number of hydrogen-bond donors (Lipinski definition) is 1. The van der Waals surface area contributed by atoms with Crippen LogP contribution in [-0.2, 0) is 4.74 Å². The molecule has 1 N–H and O–H groups in total. The van der Waals surface area contributed by atoms with Crippen LogP contribution in [0.2, 0.25) is 0 Å². The Morgan fingerprint density at radius 3 is 2.33 bits per heavy atom. The molecule has 1 atom stereocenters. The molecule has 1 unspecified atom stereocenters. The SMILES string of the molecule is CC1(C)CCCC2(CNCC(C)(C)O2)C1. The van der Waals surface area contributed by atoms with Crippen molar-refractivity contribution in [3.05, 3.63) is 0 Å². The normalized spacial score (nSPS) is 39.2. The second kappa shape index (κ2) is 3.46. The predicted octanol–water partition coefficient (Wildman–Crippen LogP) is 2.72.